The van der Waals surface area contributed by atoms with Crippen molar-refractivity contribution < 1.29 is 14.3 Å². The highest BCUT2D eigenvalue weighted by Crippen LogP contribution is 2.14. The van der Waals surface area contributed by atoms with Crippen LogP contribution in [0.4, 0.5) is 4.79 Å². The number of rotatable bonds is 6. The molecule has 5 nitrogen and oxygen atoms in total. The molecule has 1 heterocycles. The molecule has 1 N–H and O–H groups in total. The summed E-state index contributed by atoms with van der Waals surface area (Å²) in [6.45, 7) is 2.29. The maximum absolute atomic E-state index is 11.9. The predicted octanol–water partition coefficient (Wildman–Crippen LogP) is 2.43. The van der Waals surface area contributed by atoms with E-state index in [2.05, 4.69) is 5.32 Å². The summed E-state index contributed by atoms with van der Waals surface area (Å²) in [6.07, 6.45) is 5.17. The Kier molecular flexibility index (Phi) is 4.98. The third-order valence-electron chi connectivity index (χ3n) is 3.44. The number of amides is 3. The number of hydrogen-bond donors (Lipinski definition) is 1. The molecule has 1 saturated heterocycles. The van der Waals surface area contributed by atoms with E-state index in [1.54, 1.807) is 7.11 Å². The smallest absolute Gasteiger partial charge is 0.324 e. The largest absolute Gasteiger partial charge is 0.497 e. The number of nitrogens with zero attached hydrogens (tertiary/aromatic N) is 1. The Morgan fingerprint density at radius 1 is 1.38 bits per heavy atom. The minimum Gasteiger partial charge on any atom is -0.497 e. The summed E-state index contributed by atoms with van der Waals surface area (Å²) in [6, 6.07) is 7.05. The van der Waals surface area contributed by atoms with Gasteiger partial charge in [-0.25, -0.2) is 4.79 Å². The number of imide groups is 1. The summed E-state index contributed by atoms with van der Waals surface area (Å²) in [7, 11) is 1.63. The number of carbonyl (C=O) groups is 2. The van der Waals surface area contributed by atoms with Crippen LogP contribution < -0.4 is 10.1 Å². The number of carbonyl (C=O) groups excluding carboxylic acids is 2. The summed E-state index contributed by atoms with van der Waals surface area (Å²) in [4.78, 5) is 24.8. The molecule has 1 aliphatic rings. The van der Waals surface area contributed by atoms with Gasteiger partial charge in [-0.2, -0.15) is 0 Å². The van der Waals surface area contributed by atoms with Crippen LogP contribution in [0.25, 0.3) is 6.08 Å². The van der Waals surface area contributed by atoms with Gasteiger partial charge in [-0.3, -0.25) is 9.69 Å². The third kappa shape index (κ3) is 3.62. The predicted molar refractivity (Wildman–Crippen MR) is 81.0 cm³/mol. The maximum Gasteiger partial charge on any atom is 0.324 e. The Labute approximate surface area is 124 Å². The van der Waals surface area contributed by atoms with E-state index in [1.165, 1.54) is 4.90 Å². The molecule has 0 radical (unpaired) electrons. The molecule has 2 rings (SSSR count). The van der Waals surface area contributed by atoms with Crippen LogP contribution in [0.15, 0.2) is 30.3 Å². The minimum atomic E-state index is -0.361. The third-order valence-corrected chi connectivity index (χ3v) is 3.44. The van der Waals surface area contributed by atoms with Crippen LogP contribution in [-0.4, -0.2) is 36.5 Å². The van der Waals surface area contributed by atoms with Crippen molar-refractivity contribution in [2.75, 3.05) is 13.7 Å². The second kappa shape index (κ2) is 6.92. The Bertz CT molecular complexity index is 554. The van der Waals surface area contributed by atoms with Crippen LogP contribution in [0.1, 0.15) is 25.3 Å². The van der Waals surface area contributed by atoms with E-state index in [4.69, 9.17) is 4.74 Å². The monoisotopic (exact) mass is 288 g/mol. The van der Waals surface area contributed by atoms with E-state index in [0.717, 1.165) is 11.3 Å². The Morgan fingerprint density at radius 2 is 2.19 bits per heavy atom. The lowest BCUT2D eigenvalue weighted by atomic mass is 10.2. The first-order valence-electron chi connectivity index (χ1n) is 7.08. The first-order valence-corrected chi connectivity index (χ1v) is 7.08. The fraction of sp³-hybridized carbons (Fsp3) is 0.375. The molecular weight excluding hydrogens is 268 g/mol. The second-order valence-electron chi connectivity index (χ2n) is 4.87. The maximum atomic E-state index is 11.9. The van der Waals surface area contributed by atoms with Gasteiger partial charge in [0.25, 0.3) is 5.91 Å². The van der Waals surface area contributed by atoms with Crippen molar-refractivity contribution in [1.29, 1.82) is 0 Å². The van der Waals surface area contributed by atoms with Crippen molar-refractivity contribution in [3.05, 3.63) is 35.9 Å². The fourth-order valence-electron chi connectivity index (χ4n) is 2.23. The molecule has 1 aromatic carbocycles. The molecule has 3 amide bonds. The molecule has 1 atom stereocenters. The van der Waals surface area contributed by atoms with Crippen molar-refractivity contribution in [3.63, 3.8) is 0 Å². The quantitative estimate of drug-likeness (QED) is 0.818. The van der Waals surface area contributed by atoms with Crippen molar-refractivity contribution >= 4 is 18.0 Å². The molecule has 1 fully saturated rings. The van der Waals surface area contributed by atoms with Crippen molar-refractivity contribution in [1.82, 2.24) is 10.2 Å². The molecule has 21 heavy (non-hydrogen) atoms. The molecule has 0 spiro atoms. The van der Waals surface area contributed by atoms with Crippen molar-refractivity contribution in [2.45, 2.75) is 25.8 Å². The number of hydrogen-bond acceptors (Lipinski definition) is 3. The van der Waals surface area contributed by atoms with Gasteiger partial charge in [0.1, 0.15) is 11.8 Å². The molecule has 0 aromatic heterocycles. The summed E-state index contributed by atoms with van der Waals surface area (Å²) < 4.78 is 5.16. The molecule has 5 heteroatoms. The average molecular weight is 288 g/mol. The summed E-state index contributed by atoms with van der Waals surface area (Å²) in [5, 5.41) is 2.67. The summed E-state index contributed by atoms with van der Waals surface area (Å²) in [5.74, 6) is 0.675. The molecule has 112 valence electrons. The highest BCUT2D eigenvalue weighted by molar-refractivity contribution is 6.04. The lowest BCUT2D eigenvalue weighted by Crippen LogP contribution is -2.32. The standard InChI is InChI=1S/C16H20N2O3/c1-3-14-15(19)18(16(20)17-14)10-5-4-7-12-8-6-9-13(11-12)21-2/h4,6-9,11,14H,3,5,10H2,1-2H3,(H,17,20)/b7-4+/t14-/m0/s1. The summed E-state index contributed by atoms with van der Waals surface area (Å²) in [5.41, 5.74) is 1.03. The Morgan fingerprint density at radius 3 is 2.86 bits per heavy atom. The number of ether oxygens (including phenoxy) is 1. The SMILES string of the molecule is CC[C@@H]1NC(=O)N(CC/C=C/c2cccc(OC)c2)C1=O. The van der Waals surface area contributed by atoms with Gasteiger partial charge < -0.3 is 10.1 Å². The lowest BCUT2D eigenvalue weighted by molar-refractivity contribution is -0.127. The van der Waals surface area contributed by atoms with Gasteiger partial charge in [0.2, 0.25) is 0 Å². The zero-order valence-electron chi connectivity index (χ0n) is 12.3. The highest BCUT2D eigenvalue weighted by atomic mass is 16.5. The van der Waals surface area contributed by atoms with Crippen LogP contribution >= 0.6 is 0 Å². The zero-order valence-corrected chi connectivity index (χ0v) is 12.3. The number of methoxy groups -OCH3 is 1. The molecule has 0 unspecified atom stereocenters. The van der Waals surface area contributed by atoms with Crippen LogP contribution in [-0.2, 0) is 4.79 Å². The molecule has 1 aromatic rings. The minimum absolute atomic E-state index is 0.128. The Hall–Kier alpha value is -2.30. The van der Waals surface area contributed by atoms with Gasteiger partial charge in [0, 0.05) is 6.54 Å². The normalized spacial score (nSPS) is 18.4. The zero-order chi connectivity index (χ0) is 15.2. The number of benzene rings is 1. The van der Waals surface area contributed by atoms with Gasteiger partial charge in [-0.15, -0.1) is 0 Å². The Balaban J connectivity index is 1.87. The fourth-order valence-corrected chi connectivity index (χ4v) is 2.23. The van der Waals surface area contributed by atoms with E-state index in [1.807, 2.05) is 43.3 Å². The molecular formula is C16H20N2O3. The first kappa shape index (κ1) is 15.1. The highest BCUT2D eigenvalue weighted by Gasteiger charge is 2.35. The van der Waals surface area contributed by atoms with E-state index in [9.17, 15) is 9.59 Å². The van der Waals surface area contributed by atoms with E-state index in [0.29, 0.717) is 19.4 Å². The number of urea groups is 1. The van der Waals surface area contributed by atoms with E-state index < -0.39 is 0 Å². The molecule has 0 bridgehead atoms. The number of nitrogens with one attached hydrogen (secondary N) is 1. The van der Waals surface area contributed by atoms with Gasteiger partial charge in [0.15, 0.2) is 0 Å². The second-order valence-corrected chi connectivity index (χ2v) is 4.87. The van der Waals surface area contributed by atoms with Crippen LogP contribution in [0.3, 0.4) is 0 Å². The summed E-state index contributed by atoms with van der Waals surface area (Å²) >= 11 is 0. The topological polar surface area (TPSA) is 58.6 Å². The van der Waals surface area contributed by atoms with Crippen LogP contribution in [0.2, 0.25) is 0 Å². The lowest BCUT2D eigenvalue weighted by Gasteiger charge is -2.10. The van der Waals surface area contributed by atoms with Crippen molar-refractivity contribution in [3.8, 4) is 5.75 Å². The van der Waals surface area contributed by atoms with Gasteiger partial charge >= 0.3 is 6.03 Å². The van der Waals surface area contributed by atoms with Gasteiger partial charge in [-0.1, -0.05) is 31.2 Å². The van der Waals surface area contributed by atoms with Gasteiger partial charge in [-0.05, 0) is 30.5 Å². The molecule has 0 aliphatic carbocycles. The van der Waals surface area contributed by atoms with Crippen molar-refractivity contribution in [2.24, 2.45) is 0 Å². The first-order chi connectivity index (χ1) is 10.2. The van der Waals surface area contributed by atoms with E-state index in [-0.39, 0.29) is 18.0 Å². The molecule has 1 aliphatic heterocycles. The van der Waals surface area contributed by atoms with Crippen LogP contribution in [0.5, 0.6) is 5.75 Å². The average Bonchev–Trinajstić information content (AvgIpc) is 2.78. The molecule has 0 saturated carbocycles. The van der Waals surface area contributed by atoms with Crippen LogP contribution in [0, 0.1) is 0 Å². The van der Waals surface area contributed by atoms with Gasteiger partial charge in [0.05, 0.1) is 7.11 Å². The van der Waals surface area contributed by atoms with E-state index >= 15 is 0 Å².